The van der Waals surface area contributed by atoms with Crippen LogP contribution < -0.4 is 11.1 Å². The number of anilines is 1. The number of aliphatic imine (C=N–C) groups is 1. The van der Waals surface area contributed by atoms with Gasteiger partial charge in [-0.1, -0.05) is 24.8 Å². The van der Waals surface area contributed by atoms with Gasteiger partial charge in [0.1, 0.15) is 11.7 Å². The van der Waals surface area contributed by atoms with Crippen molar-refractivity contribution >= 4 is 33.8 Å². The summed E-state index contributed by atoms with van der Waals surface area (Å²) in [4.78, 5) is 8.76. The van der Waals surface area contributed by atoms with Crippen molar-refractivity contribution in [1.82, 2.24) is 4.98 Å². The van der Waals surface area contributed by atoms with Crippen molar-refractivity contribution in [3.05, 3.63) is 88.3 Å². The Balaban J connectivity index is 1.63. The first kappa shape index (κ1) is 22.7. The molecule has 0 atom stereocenters. The molecule has 0 amide bonds. The van der Waals surface area contributed by atoms with E-state index in [2.05, 4.69) is 21.9 Å². The summed E-state index contributed by atoms with van der Waals surface area (Å²) in [7, 11) is 0. The maximum Gasteiger partial charge on any atom is 0.167 e. The van der Waals surface area contributed by atoms with Crippen LogP contribution in [-0.2, 0) is 6.42 Å². The van der Waals surface area contributed by atoms with Crippen molar-refractivity contribution in [3.8, 4) is 10.4 Å². The highest BCUT2D eigenvalue weighted by atomic mass is 32.1. The average Bonchev–Trinajstić information content (AvgIpc) is 3.35. The maximum atomic E-state index is 14.3. The second-order valence-corrected chi connectivity index (χ2v) is 8.72. The molecule has 2 aromatic carbocycles. The summed E-state index contributed by atoms with van der Waals surface area (Å²) in [5.41, 5.74) is 10.4. The van der Waals surface area contributed by atoms with Gasteiger partial charge in [0, 0.05) is 28.1 Å². The van der Waals surface area contributed by atoms with Gasteiger partial charge in [0.05, 0.1) is 16.1 Å². The van der Waals surface area contributed by atoms with E-state index in [0.29, 0.717) is 33.9 Å². The highest BCUT2D eigenvalue weighted by Gasteiger charge is 2.18. The lowest BCUT2D eigenvalue weighted by Gasteiger charge is -2.05. The number of aryl methyl sites for hydroxylation is 2. The third kappa shape index (κ3) is 4.26. The molecule has 8 heteroatoms. The minimum atomic E-state index is -0.914. The van der Waals surface area contributed by atoms with Crippen molar-refractivity contribution in [1.29, 1.82) is 0 Å². The molecular weight excluding hydrogens is 445 g/mol. The lowest BCUT2D eigenvalue weighted by atomic mass is 10.0. The number of H-pyrrole nitrogens is 1. The Morgan fingerprint density at radius 3 is 2.73 bits per heavy atom. The standard InChI is InChI=1S/C25H23F3N4S/c1-4-30-19-12-20(16-6-5-7-17(26)22(16)28)33-24(19)25(29)31-11-10-15-14(3)32-23-18(27)9-8-13(2)21(15)23/h4-9,12,30,32H,1,10-11H2,2-3H3,(H2,29,31). The molecule has 0 fully saturated rings. The van der Waals surface area contributed by atoms with Gasteiger partial charge in [-0.3, -0.25) is 4.99 Å². The molecule has 0 aliphatic heterocycles. The van der Waals surface area contributed by atoms with Crippen LogP contribution >= 0.6 is 11.3 Å². The van der Waals surface area contributed by atoms with E-state index in [-0.39, 0.29) is 17.2 Å². The minimum absolute atomic E-state index is 0.151. The number of hydrogen-bond donors (Lipinski definition) is 3. The fraction of sp³-hybridized carbons (Fsp3) is 0.160. The topological polar surface area (TPSA) is 66.2 Å². The van der Waals surface area contributed by atoms with Crippen LogP contribution in [0.1, 0.15) is 21.7 Å². The van der Waals surface area contributed by atoms with E-state index in [1.807, 2.05) is 13.8 Å². The van der Waals surface area contributed by atoms with E-state index >= 15 is 0 Å². The fourth-order valence-corrected chi connectivity index (χ4v) is 5.00. The molecule has 0 aliphatic carbocycles. The molecule has 0 radical (unpaired) electrons. The molecule has 33 heavy (non-hydrogen) atoms. The average molecular weight is 469 g/mol. The molecule has 2 aromatic heterocycles. The highest BCUT2D eigenvalue weighted by Crippen LogP contribution is 2.36. The Morgan fingerprint density at radius 1 is 1.18 bits per heavy atom. The van der Waals surface area contributed by atoms with Crippen molar-refractivity contribution in [3.63, 3.8) is 0 Å². The van der Waals surface area contributed by atoms with Gasteiger partial charge in [-0.15, -0.1) is 11.3 Å². The monoisotopic (exact) mass is 468 g/mol. The SMILES string of the molecule is C=CNc1cc(-c2cccc(F)c2F)sc1C(N)=NCCc1c(C)[nH]c2c(F)ccc(C)c12. The van der Waals surface area contributed by atoms with Gasteiger partial charge in [0.15, 0.2) is 11.6 Å². The number of aromatic amines is 1. The summed E-state index contributed by atoms with van der Waals surface area (Å²) in [6.07, 6.45) is 2.05. The summed E-state index contributed by atoms with van der Waals surface area (Å²) < 4.78 is 42.2. The quantitative estimate of drug-likeness (QED) is 0.216. The summed E-state index contributed by atoms with van der Waals surface area (Å²) >= 11 is 1.21. The first-order valence-corrected chi connectivity index (χ1v) is 11.2. The number of benzene rings is 2. The zero-order valence-electron chi connectivity index (χ0n) is 18.2. The zero-order valence-corrected chi connectivity index (χ0v) is 19.0. The predicted molar refractivity (Wildman–Crippen MR) is 131 cm³/mol. The smallest absolute Gasteiger partial charge is 0.167 e. The number of hydrogen-bond acceptors (Lipinski definition) is 3. The third-order valence-corrected chi connectivity index (χ3v) is 6.70. The largest absolute Gasteiger partial charge is 0.383 e. The Kier molecular flexibility index (Phi) is 6.29. The van der Waals surface area contributed by atoms with Crippen LogP contribution in [0.15, 0.2) is 54.2 Å². The van der Waals surface area contributed by atoms with Crippen molar-refractivity contribution in [2.45, 2.75) is 20.3 Å². The fourth-order valence-electron chi connectivity index (χ4n) is 3.94. The zero-order chi connectivity index (χ0) is 23.7. The first-order chi connectivity index (χ1) is 15.8. The van der Waals surface area contributed by atoms with E-state index < -0.39 is 11.6 Å². The molecule has 170 valence electrons. The van der Waals surface area contributed by atoms with Crippen LogP contribution in [0.5, 0.6) is 0 Å². The van der Waals surface area contributed by atoms with Gasteiger partial charge in [0.25, 0.3) is 0 Å². The Bertz CT molecular complexity index is 1380. The van der Waals surface area contributed by atoms with Crippen molar-refractivity contribution in [2.24, 2.45) is 10.7 Å². The molecule has 0 aliphatic rings. The predicted octanol–water partition coefficient (Wildman–Crippen LogP) is 6.43. The number of nitrogens with one attached hydrogen (secondary N) is 2. The molecule has 4 aromatic rings. The first-order valence-electron chi connectivity index (χ1n) is 10.3. The van der Waals surface area contributed by atoms with Crippen molar-refractivity contribution in [2.75, 3.05) is 11.9 Å². The number of halogens is 3. The number of thiophene rings is 1. The lowest BCUT2D eigenvalue weighted by molar-refractivity contribution is 0.511. The molecule has 0 saturated heterocycles. The summed E-state index contributed by atoms with van der Waals surface area (Å²) in [5, 5.41) is 3.85. The van der Waals surface area contributed by atoms with Crippen molar-refractivity contribution < 1.29 is 13.2 Å². The Hall–Kier alpha value is -3.52. The van der Waals surface area contributed by atoms with E-state index in [1.165, 1.54) is 35.7 Å². The van der Waals surface area contributed by atoms with Gasteiger partial charge in [-0.2, -0.15) is 0 Å². The van der Waals surface area contributed by atoms with E-state index in [4.69, 9.17) is 5.73 Å². The van der Waals surface area contributed by atoms with Crippen LogP contribution in [0, 0.1) is 31.3 Å². The Morgan fingerprint density at radius 2 is 1.97 bits per heavy atom. The molecule has 4 rings (SSSR count). The maximum absolute atomic E-state index is 14.3. The summed E-state index contributed by atoms with van der Waals surface area (Å²) in [6, 6.07) is 8.96. The second kappa shape index (κ2) is 9.15. The lowest BCUT2D eigenvalue weighted by Crippen LogP contribution is -2.14. The van der Waals surface area contributed by atoms with Crippen LogP contribution in [0.2, 0.25) is 0 Å². The molecular formula is C25H23F3N4S. The number of amidine groups is 1. The second-order valence-electron chi connectivity index (χ2n) is 7.66. The van der Waals surface area contributed by atoms with E-state index in [1.54, 1.807) is 12.1 Å². The molecule has 4 nitrogen and oxygen atoms in total. The van der Waals surface area contributed by atoms with E-state index in [0.717, 1.165) is 28.3 Å². The summed E-state index contributed by atoms with van der Waals surface area (Å²) in [5.74, 6) is -1.84. The molecule has 0 bridgehead atoms. The number of rotatable bonds is 7. The van der Waals surface area contributed by atoms with Gasteiger partial charge >= 0.3 is 0 Å². The van der Waals surface area contributed by atoms with Crippen LogP contribution in [0.3, 0.4) is 0 Å². The van der Waals surface area contributed by atoms with Gasteiger partial charge in [0.2, 0.25) is 0 Å². The van der Waals surface area contributed by atoms with Crippen LogP contribution in [-0.4, -0.2) is 17.4 Å². The summed E-state index contributed by atoms with van der Waals surface area (Å²) in [6.45, 7) is 7.90. The number of fused-ring (bicyclic) bond motifs is 1. The number of aromatic nitrogens is 1. The molecule has 0 spiro atoms. The Labute approximate surface area is 193 Å². The van der Waals surface area contributed by atoms with Crippen LogP contribution in [0.4, 0.5) is 18.9 Å². The van der Waals surface area contributed by atoms with Crippen LogP contribution in [0.25, 0.3) is 21.3 Å². The number of nitrogens with zero attached hydrogens (tertiary/aromatic N) is 1. The van der Waals surface area contributed by atoms with Gasteiger partial charge in [-0.25, -0.2) is 13.2 Å². The molecule has 2 heterocycles. The molecule has 4 N–H and O–H groups in total. The highest BCUT2D eigenvalue weighted by molar-refractivity contribution is 7.18. The molecule has 0 unspecified atom stereocenters. The third-order valence-electron chi connectivity index (χ3n) is 5.51. The molecule has 0 saturated carbocycles. The number of nitrogens with two attached hydrogens (primary N) is 1. The van der Waals surface area contributed by atoms with Gasteiger partial charge < -0.3 is 16.0 Å². The minimum Gasteiger partial charge on any atom is -0.383 e. The van der Waals surface area contributed by atoms with E-state index in [9.17, 15) is 13.2 Å². The van der Waals surface area contributed by atoms with Gasteiger partial charge in [-0.05, 0) is 55.8 Å². The normalized spacial score (nSPS) is 11.8.